The van der Waals surface area contributed by atoms with E-state index < -0.39 is 11.9 Å². The molecule has 0 bridgehead atoms. The van der Waals surface area contributed by atoms with E-state index in [-0.39, 0.29) is 24.0 Å². The van der Waals surface area contributed by atoms with Crippen LogP contribution in [0.1, 0.15) is 23.0 Å². The van der Waals surface area contributed by atoms with Crippen molar-refractivity contribution in [2.45, 2.75) is 13.5 Å². The molecule has 0 saturated carbocycles. The molecule has 0 atom stereocenters. The molecular formula is C14H15ClN4O3. The number of aromatic nitrogens is 3. The number of nitrogens with one attached hydrogen (secondary N) is 1. The predicted molar refractivity (Wildman–Crippen MR) is 80.9 cm³/mol. The van der Waals surface area contributed by atoms with Gasteiger partial charge >= 0.3 is 5.97 Å². The van der Waals surface area contributed by atoms with Crippen LogP contribution in [0, 0.1) is 0 Å². The van der Waals surface area contributed by atoms with Crippen molar-refractivity contribution in [2.24, 2.45) is 0 Å². The fraction of sp³-hybridized carbons (Fsp3) is 0.286. The number of anilines is 1. The molecular weight excluding hydrogens is 308 g/mol. The predicted octanol–water partition coefficient (Wildman–Crippen LogP) is 1.68. The summed E-state index contributed by atoms with van der Waals surface area (Å²) in [7, 11) is 0. The minimum absolute atomic E-state index is 0.0451. The number of halogens is 1. The van der Waals surface area contributed by atoms with Gasteiger partial charge in [0.2, 0.25) is 11.6 Å². The van der Waals surface area contributed by atoms with E-state index in [1.54, 1.807) is 6.92 Å². The monoisotopic (exact) mass is 322 g/mol. The first-order chi connectivity index (χ1) is 10.7. The molecule has 0 spiro atoms. The van der Waals surface area contributed by atoms with E-state index in [1.165, 1.54) is 4.68 Å². The lowest BCUT2D eigenvalue weighted by Gasteiger charge is -2.08. The van der Waals surface area contributed by atoms with Crippen LogP contribution in [0.4, 0.5) is 5.82 Å². The average Bonchev–Trinajstić information content (AvgIpc) is 2.91. The summed E-state index contributed by atoms with van der Waals surface area (Å²) in [5, 5.41) is 10.2. The van der Waals surface area contributed by atoms with Gasteiger partial charge in [-0.2, -0.15) is 0 Å². The van der Waals surface area contributed by atoms with Gasteiger partial charge in [-0.1, -0.05) is 35.5 Å². The second-order valence-electron chi connectivity index (χ2n) is 4.33. The van der Waals surface area contributed by atoms with Crippen molar-refractivity contribution in [2.75, 3.05) is 17.8 Å². The Hall–Kier alpha value is -2.41. The van der Waals surface area contributed by atoms with Crippen molar-refractivity contribution in [1.82, 2.24) is 15.0 Å². The first kappa shape index (κ1) is 16.0. The summed E-state index contributed by atoms with van der Waals surface area (Å²) in [5.41, 5.74) is 0.903. The van der Waals surface area contributed by atoms with Gasteiger partial charge in [0.1, 0.15) is 5.88 Å². The second-order valence-corrected chi connectivity index (χ2v) is 4.60. The van der Waals surface area contributed by atoms with Crippen molar-refractivity contribution >= 4 is 29.3 Å². The number of nitrogens with zero attached hydrogens (tertiary/aromatic N) is 3. The fourth-order valence-electron chi connectivity index (χ4n) is 1.81. The van der Waals surface area contributed by atoms with Gasteiger partial charge in [-0.25, -0.2) is 9.48 Å². The first-order valence-electron chi connectivity index (χ1n) is 6.66. The molecule has 0 fully saturated rings. The maximum atomic E-state index is 11.9. The van der Waals surface area contributed by atoms with Crippen molar-refractivity contribution < 1.29 is 14.3 Å². The molecule has 0 unspecified atom stereocenters. The zero-order chi connectivity index (χ0) is 15.9. The number of hydrogen-bond donors (Lipinski definition) is 1. The lowest BCUT2D eigenvalue weighted by molar-refractivity contribution is -0.114. The third-order valence-electron chi connectivity index (χ3n) is 2.76. The van der Waals surface area contributed by atoms with Gasteiger partial charge < -0.3 is 10.1 Å². The third kappa shape index (κ3) is 3.82. The molecule has 2 rings (SSSR count). The molecule has 1 aromatic heterocycles. The average molecular weight is 323 g/mol. The highest BCUT2D eigenvalue weighted by atomic mass is 35.5. The van der Waals surface area contributed by atoms with Crippen LogP contribution in [0.5, 0.6) is 0 Å². The maximum absolute atomic E-state index is 11.9. The molecule has 0 saturated heterocycles. The van der Waals surface area contributed by atoms with Crippen molar-refractivity contribution in [3.63, 3.8) is 0 Å². The number of carbonyl (C=O) groups excluding carboxylic acids is 2. The molecule has 0 aliphatic carbocycles. The van der Waals surface area contributed by atoms with Crippen molar-refractivity contribution in [3.8, 4) is 0 Å². The molecule has 116 valence electrons. The van der Waals surface area contributed by atoms with Gasteiger partial charge in [-0.05, 0) is 12.5 Å². The normalized spacial score (nSPS) is 10.3. The number of hydrogen-bond acceptors (Lipinski definition) is 5. The minimum atomic E-state index is -0.647. The summed E-state index contributed by atoms with van der Waals surface area (Å²) in [5.74, 6) is -1.16. The van der Waals surface area contributed by atoms with E-state index in [0.29, 0.717) is 6.54 Å². The Morgan fingerprint density at radius 3 is 2.68 bits per heavy atom. The Kier molecular flexibility index (Phi) is 5.48. The zero-order valence-corrected chi connectivity index (χ0v) is 12.7. The Bertz CT molecular complexity index is 657. The van der Waals surface area contributed by atoms with E-state index in [4.69, 9.17) is 16.3 Å². The molecule has 8 heteroatoms. The van der Waals surface area contributed by atoms with E-state index in [1.807, 2.05) is 30.3 Å². The lowest BCUT2D eigenvalue weighted by atomic mass is 10.2. The lowest BCUT2D eigenvalue weighted by Crippen LogP contribution is -2.19. The smallest absolute Gasteiger partial charge is 0.362 e. The zero-order valence-electron chi connectivity index (χ0n) is 12.0. The highest BCUT2D eigenvalue weighted by Crippen LogP contribution is 2.16. The van der Waals surface area contributed by atoms with E-state index in [2.05, 4.69) is 15.6 Å². The second kappa shape index (κ2) is 7.56. The molecule has 0 radical (unpaired) electrons. The molecule has 1 amide bonds. The van der Waals surface area contributed by atoms with Gasteiger partial charge in [0.05, 0.1) is 13.2 Å². The van der Waals surface area contributed by atoms with Crippen molar-refractivity contribution in [1.29, 1.82) is 0 Å². The topological polar surface area (TPSA) is 86.1 Å². The Labute approximate surface area is 132 Å². The summed E-state index contributed by atoms with van der Waals surface area (Å²) < 4.78 is 6.33. The number of ether oxygens (including phenoxy) is 1. The molecule has 7 nitrogen and oxygen atoms in total. The summed E-state index contributed by atoms with van der Waals surface area (Å²) in [6.45, 7) is 2.24. The molecule has 2 aromatic rings. The molecule has 1 heterocycles. The van der Waals surface area contributed by atoms with Gasteiger partial charge in [-0.3, -0.25) is 4.79 Å². The van der Waals surface area contributed by atoms with Gasteiger partial charge in [0.25, 0.3) is 0 Å². The Morgan fingerprint density at radius 2 is 2.05 bits per heavy atom. The summed E-state index contributed by atoms with van der Waals surface area (Å²) in [6, 6.07) is 9.47. The highest BCUT2D eigenvalue weighted by molar-refractivity contribution is 6.29. The first-order valence-corrected chi connectivity index (χ1v) is 7.19. The van der Waals surface area contributed by atoms with Crippen LogP contribution in [0.25, 0.3) is 0 Å². The van der Waals surface area contributed by atoms with E-state index in [9.17, 15) is 9.59 Å². The van der Waals surface area contributed by atoms with Gasteiger partial charge in [0.15, 0.2) is 5.82 Å². The molecule has 0 aliphatic rings. The van der Waals surface area contributed by atoms with Gasteiger partial charge in [0, 0.05) is 0 Å². The number of alkyl halides is 1. The number of carbonyl (C=O) groups is 2. The van der Waals surface area contributed by atoms with Crippen LogP contribution < -0.4 is 5.32 Å². The van der Waals surface area contributed by atoms with Crippen LogP contribution in [0.2, 0.25) is 0 Å². The SMILES string of the molecule is CCOC(=O)c1nnn(Cc2ccccc2)c1NC(=O)CCl. The van der Waals surface area contributed by atoms with Gasteiger partial charge in [-0.15, -0.1) is 16.7 Å². The summed E-state index contributed by atoms with van der Waals surface area (Å²) in [6.07, 6.45) is 0. The Morgan fingerprint density at radius 1 is 1.32 bits per heavy atom. The number of benzene rings is 1. The maximum Gasteiger partial charge on any atom is 0.362 e. The van der Waals surface area contributed by atoms with Crippen LogP contribution >= 0.6 is 11.6 Å². The third-order valence-corrected chi connectivity index (χ3v) is 3.00. The largest absolute Gasteiger partial charge is 0.461 e. The molecule has 0 aliphatic heterocycles. The fourth-order valence-corrected chi connectivity index (χ4v) is 1.87. The standard InChI is InChI=1S/C14H15ClN4O3/c1-2-22-14(21)12-13(16-11(20)8-15)19(18-17-12)9-10-6-4-3-5-7-10/h3-7H,2,8-9H2,1H3,(H,16,20). The minimum Gasteiger partial charge on any atom is -0.461 e. The highest BCUT2D eigenvalue weighted by Gasteiger charge is 2.22. The number of esters is 1. The van der Waals surface area contributed by atoms with Crippen LogP contribution in [-0.2, 0) is 16.1 Å². The van der Waals surface area contributed by atoms with Crippen molar-refractivity contribution in [3.05, 3.63) is 41.6 Å². The summed E-state index contributed by atoms with van der Waals surface area (Å²) in [4.78, 5) is 23.4. The van der Waals surface area contributed by atoms with Crippen LogP contribution in [0.15, 0.2) is 30.3 Å². The summed E-state index contributed by atoms with van der Waals surface area (Å²) >= 11 is 5.50. The van der Waals surface area contributed by atoms with E-state index >= 15 is 0 Å². The Balaban J connectivity index is 2.32. The quantitative estimate of drug-likeness (QED) is 0.646. The van der Waals surface area contributed by atoms with E-state index in [0.717, 1.165) is 5.56 Å². The molecule has 1 N–H and O–H groups in total. The molecule has 22 heavy (non-hydrogen) atoms. The molecule has 1 aromatic carbocycles. The number of rotatable bonds is 6. The van der Waals surface area contributed by atoms with Crippen LogP contribution in [0.3, 0.4) is 0 Å². The van der Waals surface area contributed by atoms with Crippen LogP contribution in [-0.4, -0.2) is 39.4 Å². The number of amides is 1.